The summed E-state index contributed by atoms with van der Waals surface area (Å²) in [5, 5.41) is 13.8. The van der Waals surface area contributed by atoms with Gasteiger partial charge in [0.05, 0.1) is 17.8 Å². The van der Waals surface area contributed by atoms with E-state index >= 15 is 0 Å². The van der Waals surface area contributed by atoms with Gasteiger partial charge in [-0.15, -0.1) is 0 Å². The van der Waals surface area contributed by atoms with Crippen LogP contribution in [0.15, 0.2) is 42.6 Å². The van der Waals surface area contributed by atoms with Gasteiger partial charge < -0.3 is 10.6 Å². The Hall–Kier alpha value is -2.43. The van der Waals surface area contributed by atoms with Gasteiger partial charge in [0.15, 0.2) is 0 Å². The van der Waals surface area contributed by atoms with E-state index in [0.29, 0.717) is 12.1 Å². The van der Waals surface area contributed by atoms with Crippen LogP contribution in [-0.4, -0.2) is 22.1 Å². The van der Waals surface area contributed by atoms with Crippen LogP contribution in [0.3, 0.4) is 0 Å². The van der Waals surface area contributed by atoms with Gasteiger partial charge in [0.25, 0.3) is 5.91 Å². The molecule has 0 atom stereocenters. The summed E-state index contributed by atoms with van der Waals surface area (Å²) in [6, 6.07) is 11.3. The van der Waals surface area contributed by atoms with E-state index in [1.165, 1.54) is 0 Å². The highest BCUT2D eigenvalue weighted by Gasteiger charge is 2.11. The summed E-state index contributed by atoms with van der Waals surface area (Å²) in [6.07, 6.45) is 1.60. The van der Waals surface area contributed by atoms with Crippen LogP contribution >= 0.6 is 0 Å². The summed E-state index contributed by atoms with van der Waals surface area (Å²) in [4.78, 5) is 12.2. The Balaban J connectivity index is 2.05. The molecule has 0 bridgehead atoms. The molecule has 0 saturated carbocycles. The lowest BCUT2D eigenvalue weighted by molar-refractivity contribution is 0.0951. The van der Waals surface area contributed by atoms with Gasteiger partial charge in [0.1, 0.15) is 0 Å². The van der Waals surface area contributed by atoms with Gasteiger partial charge in [-0.25, -0.2) is 0 Å². The normalized spacial score (nSPS) is 10.3. The molecule has 0 saturated heterocycles. The zero-order chi connectivity index (χ0) is 14.4. The minimum atomic E-state index is -0.126. The number of aromatic nitrogens is 2. The Labute approximate surface area is 118 Å². The summed E-state index contributed by atoms with van der Waals surface area (Å²) >= 11 is 0. The molecular weight excluding hydrogens is 252 g/mol. The first-order chi connectivity index (χ1) is 9.66. The number of anilines is 1. The van der Waals surface area contributed by atoms with Crippen LogP contribution < -0.4 is 10.6 Å². The highest BCUT2D eigenvalue weighted by Crippen LogP contribution is 2.16. The number of benzene rings is 1. The van der Waals surface area contributed by atoms with E-state index in [0.717, 1.165) is 11.4 Å². The molecular formula is C15H18N4O. The second kappa shape index (κ2) is 6.65. The number of carbonyl (C=O) groups is 1. The molecule has 20 heavy (non-hydrogen) atoms. The molecule has 0 fully saturated rings. The minimum Gasteiger partial charge on any atom is -0.382 e. The van der Waals surface area contributed by atoms with Crippen molar-refractivity contribution in [3.8, 4) is 0 Å². The topological polar surface area (TPSA) is 66.9 Å². The van der Waals surface area contributed by atoms with Crippen molar-refractivity contribution < 1.29 is 4.79 Å². The fourth-order valence-corrected chi connectivity index (χ4v) is 1.81. The summed E-state index contributed by atoms with van der Waals surface area (Å²) in [6.45, 7) is 4.44. The predicted molar refractivity (Wildman–Crippen MR) is 78.4 cm³/mol. The predicted octanol–water partition coefficient (Wildman–Crippen LogP) is 2.23. The molecule has 0 aliphatic heterocycles. The number of nitrogens with zero attached hydrogens (tertiary/aromatic N) is 2. The number of nitrogens with one attached hydrogen (secondary N) is 2. The molecule has 2 rings (SSSR count). The van der Waals surface area contributed by atoms with Gasteiger partial charge in [-0.05, 0) is 38.1 Å². The molecule has 2 N–H and O–H groups in total. The quantitative estimate of drug-likeness (QED) is 0.874. The second-order valence-corrected chi connectivity index (χ2v) is 4.74. The van der Waals surface area contributed by atoms with E-state index in [4.69, 9.17) is 0 Å². The van der Waals surface area contributed by atoms with E-state index in [1.54, 1.807) is 18.3 Å². The Morgan fingerprint density at radius 1 is 1.20 bits per heavy atom. The van der Waals surface area contributed by atoms with Crippen molar-refractivity contribution in [3.63, 3.8) is 0 Å². The third-order valence-electron chi connectivity index (χ3n) is 2.67. The number of carbonyl (C=O) groups excluding carboxylic acids is 1. The molecule has 0 unspecified atom stereocenters. The number of hydrogen-bond donors (Lipinski definition) is 2. The largest absolute Gasteiger partial charge is 0.382 e. The number of amides is 1. The molecule has 0 radical (unpaired) electrons. The summed E-state index contributed by atoms with van der Waals surface area (Å²) in [5.41, 5.74) is 2.19. The molecule has 0 spiro atoms. The Morgan fingerprint density at radius 2 is 2.00 bits per heavy atom. The van der Waals surface area contributed by atoms with E-state index < -0.39 is 0 Å². The van der Waals surface area contributed by atoms with Gasteiger partial charge in [-0.3, -0.25) is 4.79 Å². The van der Waals surface area contributed by atoms with Crippen molar-refractivity contribution in [2.45, 2.75) is 26.4 Å². The summed E-state index contributed by atoms with van der Waals surface area (Å²) < 4.78 is 0. The molecule has 0 aliphatic carbocycles. The van der Waals surface area contributed by atoms with Crippen molar-refractivity contribution in [3.05, 3.63) is 53.9 Å². The maximum Gasteiger partial charge on any atom is 0.253 e. The molecule has 1 aromatic carbocycles. The van der Waals surface area contributed by atoms with Gasteiger partial charge >= 0.3 is 0 Å². The van der Waals surface area contributed by atoms with E-state index in [9.17, 15) is 4.79 Å². The Morgan fingerprint density at radius 3 is 2.70 bits per heavy atom. The maximum atomic E-state index is 12.2. The van der Waals surface area contributed by atoms with Crippen LogP contribution in [0.5, 0.6) is 0 Å². The molecule has 1 aromatic heterocycles. The van der Waals surface area contributed by atoms with Crippen molar-refractivity contribution in [1.82, 2.24) is 15.5 Å². The summed E-state index contributed by atoms with van der Waals surface area (Å²) in [7, 11) is 0. The molecule has 104 valence electrons. The van der Waals surface area contributed by atoms with Gasteiger partial charge in [0.2, 0.25) is 0 Å². The van der Waals surface area contributed by atoms with Crippen LogP contribution in [-0.2, 0) is 6.54 Å². The van der Waals surface area contributed by atoms with E-state index in [2.05, 4.69) is 20.8 Å². The zero-order valence-corrected chi connectivity index (χ0v) is 11.6. The van der Waals surface area contributed by atoms with Gasteiger partial charge in [-0.2, -0.15) is 10.2 Å². The Kier molecular flexibility index (Phi) is 4.65. The lowest BCUT2D eigenvalue weighted by Gasteiger charge is -2.14. The highest BCUT2D eigenvalue weighted by molar-refractivity contribution is 5.99. The van der Waals surface area contributed by atoms with Gasteiger partial charge in [0, 0.05) is 17.9 Å². The van der Waals surface area contributed by atoms with Crippen LogP contribution in [0, 0.1) is 0 Å². The molecule has 0 aliphatic rings. The van der Waals surface area contributed by atoms with Crippen molar-refractivity contribution >= 4 is 11.6 Å². The standard InChI is InChI=1S/C15H18N4O/c1-11(2)18-14-8-4-3-7-13(14)15(20)16-10-12-6-5-9-17-19-12/h3-9,11,18H,10H2,1-2H3,(H,16,20). The lowest BCUT2D eigenvalue weighted by atomic mass is 10.1. The lowest BCUT2D eigenvalue weighted by Crippen LogP contribution is -2.25. The minimum absolute atomic E-state index is 0.126. The molecule has 1 heterocycles. The number of hydrogen-bond acceptors (Lipinski definition) is 4. The molecule has 2 aromatic rings. The fraction of sp³-hybridized carbons (Fsp3) is 0.267. The van der Waals surface area contributed by atoms with E-state index in [1.807, 2.05) is 38.1 Å². The van der Waals surface area contributed by atoms with Crippen molar-refractivity contribution in [1.29, 1.82) is 0 Å². The maximum absolute atomic E-state index is 12.2. The number of rotatable bonds is 5. The summed E-state index contributed by atoms with van der Waals surface area (Å²) in [5.74, 6) is -0.126. The third kappa shape index (κ3) is 3.78. The van der Waals surface area contributed by atoms with Crippen LogP contribution in [0.1, 0.15) is 29.9 Å². The number of para-hydroxylation sites is 1. The first-order valence-electron chi connectivity index (χ1n) is 6.57. The van der Waals surface area contributed by atoms with Crippen LogP contribution in [0.25, 0.3) is 0 Å². The van der Waals surface area contributed by atoms with Gasteiger partial charge in [-0.1, -0.05) is 12.1 Å². The molecule has 5 nitrogen and oxygen atoms in total. The van der Waals surface area contributed by atoms with Crippen LogP contribution in [0.4, 0.5) is 5.69 Å². The zero-order valence-electron chi connectivity index (χ0n) is 11.6. The SMILES string of the molecule is CC(C)Nc1ccccc1C(=O)NCc1cccnn1. The average Bonchev–Trinajstić information content (AvgIpc) is 2.46. The second-order valence-electron chi connectivity index (χ2n) is 4.74. The first-order valence-corrected chi connectivity index (χ1v) is 6.57. The molecule has 5 heteroatoms. The Bertz CT molecular complexity index is 569. The molecule has 1 amide bonds. The van der Waals surface area contributed by atoms with E-state index in [-0.39, 0.29) is 11.9 Å². The van der Waals surface area contributed by atoms with Crippen LogP contribution in [0.2, 0.25) is 0 Å². The first kappa shape index (κ1) is 14.0. The third-order valence-corrected chi connectivity index (χ3v) is 2.67. The average molecular weight is 270 g/mol. The fourth-order valence-electron chi connectivity index (χ4n) is 1.81. The highest BCUT2D eigenvalue weighted by atomic mass is 16.1. The van der Waals surface area contributed by atoms with Crippen molar-refractivity contribution in [2.75, 3.05) is 5.32 Å². The smallest absolute Gasteiger partial charge is 0.253 e. The van der Waals surface area contributed by atoms with Crippen molar-refractivity contribution in [2.24, 2.45) is 0 Å². The monoisotopic (exact) mass is 270 g/mol.